The number of aromatic nitrogens is 1. The van der Waals surface area contributed by atoms with Gasteiger partial charge in [0, 0.05) is 0 Å². The zero-order valence-electron chi connectivity index (χ0n) is 7.93. The van der Waals surface area contributed by atoms with E-state index in [1.165, 1.54) is 0 Å². The van der Waals surface area contributed by atoms with E-state index < -0.39 is 35.9 Å². The fourth-order valence-electron chi connectivity index (χ4n) is 0.983. The minimum Gasteiger partial charge on any atom is -0.506 e. The molecule has 0 atom stereocenters. The van der Waals surface area contributed by atoms with Crippen molar-refractivity contribution >= 4 is 11.6 Å². The van der Waals surface area contributed by atoms with Gasteiger partial charge in [0.25, 0.3) is 6.43 Å². The summed E-state index contributed by atoms with van der Waals surface area (Å²) in [7, 11) is 0. The number of aromatic hydroxyl groups is 1. The van der Waals surface area contributed by atoms with Gasteiger partial charge in [-0.25, -0.2) is 13.8 Å². The summed E-state index contributed by atoms with van der Waals surface area (Å²) < 4.78 is 63.9. The average Bonchev–Trinajstić information content (AvgIpc) is 2.17. The van der Waals surface area contributed by atoms with Gasteiger partial charge in [-0.2, -0.15) is 0 Å². The van der Waals surface area contributed by atoms with E-state index in [0.717, 1.165) is 0 Å². The largest absolute Gasteiger partial charge is 0.574 e. The minimum atomic E-state index is -5.16. The molecule has 3 nitrogen and oxygen atoms in total. The molecule has 0 aliphatic rings. The Kier molecular flexibility index (Phi) is 3.97. The molecule has 0 radical (unpaired) electrons. The first kappa shape index (κ1) is 13.8. The average molecular weight is 278 g/mol. The molecule has 0 aromatic carbocycles. The molecule has 0 unspecified atom stereocenters. The van der Waals surface area contributed by atoms with Crippen LogP contribution >= 0.6 is 11.6 Å². The van der Waals surface area contributed by atoms with E-state index in [1.807, 2.05) is 0 Å². The summed E-state index contributed by atoms with van der Waals surface area (Å²) in [5.41, 5.74) is -1.54. The second-order valence-electron chi connectivity index (χ2n) is 2.83. The standard InChI is InChI=1S/C8H5ClF5NO2/c9-2-4-5(16)1-3(6(10)11)7(15-4)17-8(12,13)14/h1,6,16H,2H2. The molecule has 0 bridgehead atoms. The molecule has 1 aromatic rings. The smallest absolute Gasteiger partial charge is 0.506 e. The molecule has 96 valence electrons. The van der Waals surface area contributed by atoms with Crippen LogP contribution in [0.15, 0.2) is 6.07 Å². The summed E-state index contributed by atoms with van der Waals surface area (Å²) in [5, 5.41) is 9.15. The molecule has 1 heterocycles. The highest BCUT2D eigenvalue weighted by Gasteiger charge is 2.34. The van der Waals surface area contributed by atoms with Crippen LogP contribution in [0.4, 0.5) is 22.0 Å². The van der Waals surface area contributed by atoms with Crippen molar-refractivity contribution in [2.45, 2.75) is 18.7 Å². The molecular formula is C8H5ClF5NO2. The molecule has 17 heavy (non-hydrogen) atoms. The lowest BCUT2D eigenvalue weighted by Gasteiger charge is -2.13. The Labute approximate surface area is 96.8 Å². The van der Waals surface area contributed by atoms with Crippen molar-refractivity contribution in [2.75, 3.05) is 0 Å². The van der Waals surface area contributed by atoms with Crippen LogP contribution in [-0.4, -0.2) is 16.5 Å². The van der Waals surface area contributed by atoms with Gasteiger partial charge in [-0.15, -0.1) is 24.8 Å². The van der Waals surface area contributed by atoms with Crippen LogP contribution in [0.5, 0.6) is 11.6 Å². The van der Waals surface area contributed by atoms with Crippen molar-refractivity contribution in [1.82, 2.24) is 4.98 Å². The highest BCUT2D eigenvalue weighted by Crippen LogP contribution is 2.35. The lowest BCUT2D eigenvalue weighted by Crippen LogP contribution is -2.19. The van der Waals surface area contributed by atoms with Crippen LogP contribution in [0.1, 0.15) is 17.7 Å². The van der Waals surface area contributed by atoms with Crippen LogP contribution < -0.4 is 4.74 Å². The van der Waals surface area contributed by atoms with Gasteiger partial charge in [-0.1, -0.05) is 0 Å². The Morgan fingerprint density at radius 2 is 2.00 bits per heavy atom. The number of pyridine rings is 1. The number of alkyl halides is 6. The normalized spacial score (nSPS) is 11.9. The van der Waals surface area contributed by atoms with Gasteiger partial charge in [-0.3, -0.25) is 0 Å². The van der Waals surface area contributed by atoms with Crippen molar-refractivity contribution in [3.63, 3.8) is 0 Å². The van der Waals surface area contributed by atoms with Crippen LogP contribution in [0.2, 0.25) is 0 Å². The van der Waals surface area contributed by atoms with Crippen molar-refractivity contribution in [3.8, 4) is 11.6 Å². The van der Waals surface area contributed by atoms with Crippen molar-refractivity contribution in [2.24, 2.45) is 0 Å². The fourth-order valence-corrected chi connectivity index (χ4v) is 1.18. The van der Waals surface area contributed by atoms with E-state index in [-0.39, 0.29) is 5.69 Å². The maximum atomic E-state index is 12.4. The fraction of sp³-hybridized carbons (Fsp3) is 0.375. The number of hydrogen-bond donors (Lipinski definition) is 1. The predicted octanol–water partition coefficient (Wildman–Crippen LogP) is 3.36. The number of ether oxygens (including phenoxy) is 1. The van der Waals surface area contributed by atoms with E-state index in [4.69, 9.17) is 16.7 Å². The summed E-state index contributed by atoms with van der Waals surface area (Å²) in [6, 6.07) is 0.441. The van der Waals surface area contributed by atoms with Gasteiger partial charge in [0.2, 0.25) is 5.88 Å². The molecule has 0 fully saturated rings. The van der Waals surface area contributed by atoms with Gasteiger partial charge >= 0.3 is 6.36 Å². The molecule has 1 N–H and O–H groups in total. The first-order valence-corrected chi connectivity index (χ1v) is 4.60. The number of nitrogens with zero attached hydrogens (tertiary/aromatic N) is 1. The van der Waals surface area contributed by atoms with Crippen LogP contribution in [0, 0.1) is 0 Å². The molecular weight excluding hydrogens is 273 g/mol. The lowest BCUT2D eigenvalue weighted by atomic mass is 10.2. The van der Waals surface area contributed by atoms with Crippen LogP contribution in [-0.2, 0) is 5.88 Å². The monoisotopic (exact) mass is 277 g/mol. The topological polar surface area (TPSA) is 42.4 Å². The maximum Gasteiger partial charge on any atom is 0.574 e. The van der Waals surface area contributed by atoms with E-state index in [1.54, 1.807) is 0 Å². The second-order valence-corrected chi connectivity index (χ2v) is 3.10. The van der Waals surface area contributed by atoms with Crippen LogP contribution in [0.3, 0.4) is 0 Å². The SMILES string of the molecule is Oc1cc(C(F)F)c(OC(F)(F)F)nc1CCl. The van der Waals surface area contributed by atoms with Gasteiger partial charge in [0.15, 0.2) is 0 Å². The third-order valence-corrected chi connectivity index (χ3v) is 1.90. The summed E-state index contributed by atoms with van der Waals surface area (Å²) in [6.07, 6.45) is -8.42. The van der Waals surface area contributed by atoms with Crippen LogP contribution in [0.25, 0.3) is 0 Å². The quantitative estimate of drug-likeness (QED) is 0.680. The number of rotatable bonds is 3. The predicted molar refractivity (Wildman–Crippen MR) is 47.1 cm³/mol. The molecule has 0 aliphatic heterocycles. The molecule has 1 aromatic heterocycles. The molecule has 9 heteroatoms. The molecule has 0 saturated carbocycles. The second kappa shape index (κ2) is 4.91. The third kappa shape index (κ3) is 3.58. The number of halogens is 6. The summed E-state index contributed by atoms with van der Waals surface area (Å²) in [6.45, 7) is 0. The summed E-state index contributed by atoms with van der Waals surface area (Å²) in [5.74, 6) is -2.48. The minimum absolute atomic E-state index is 0.379. The maximum absolute atomic E-state index is 12.4. The first-order valence-electron chi connectivity index (χ1n) is 4.07. The Hall–Kier alpha value is -1.31. The first-order chi connectivity index (χ1) is 7.74. The Morgan fingerprint density at radius 3 is 2.41 bits per heavy atom. The Bertz CT molecular complexity index is 410. The van der Waals surface area contributed by atoms with Gasteiger partial charge < -0.3 is 9.84 Å². The molecule has 0 amide bonds. The lowest BCUT2D eigenvalue weighted by molar-refractivity contribution is -0.276. The zero-order valence-corrected chi connectivity index (χ0v) is 8.69. The summed E-state index contributed by atoms with van der Waals surface area (Å²) >= 11 is 5.26. The van der Waals surface area contributed by atoms with Crippen molar-refractivity contribution in [1.29, 1.82) is 0 Å². The Balaban J connectivity index is 3.24. The molecule has 0 spiro atoms. The van der Waals surface area contributed by atoms with E-state index in [9.17, 15) is 22.0 Å². The van der Waals surface area contributed by atoms with E-state index in [0.29, 0.717) is 6.07 Å². The van der Waals surface area contributed by atoms with Gasteiger partial charge in [0.05, 0.1) is 11.4 Å². The molecule has 0 saturated heterocycles. The highest BCUT2D eigenvalue weighted by molar-refractivity contribution is 6.17. The number of hydrogen-bond acceptors (Lipinski definition) is 3. The van der Waals surface area contributed by atoms with Crippen molar-refractivity contribution < 1.29 is 31.8 Å². The molecule has 0 aliphatic carbocycles. The Morgan fingerprint density at radius 1 is 1.41 bits per heavy atom. The zero-order chi connectivity index (χ0) is 13.2. The highest BCUT2D eigenvalue weighted by atomic mass is 35.5. The third-order valence-electron chi connectivity index (χ3n) is 1.65. The van der Waals surface area contributed by atoms with Crippen molar-refractivity contribution in [3.05, 3.63) is 17.3 Å². The van der Waals surface area contributed by atoms with E-state index in [2.05, 4.69) is 9.72 Å². The van der Waals surface area contributed by atoms with Gasteiger partial charge in [0.1, 0.15) is 11.4 Å². The molecule has 1 rings (SSSR count). The summed E-state index contributed by atoms with van der Waals surface area (Å²) in [4.78, 5) is 3.09. The van der Waals surface area contributed by atoms with Gasteiger partial charge in [-0.05, 0) is 6.07 Å². The van der Waals surface area contributed by atoms with E-state index >= 15 is 0 Å².